The van der Waals surface area contributed by atoms with Gasteiger partial charge in [0, 0.05) is 18.8 Å². The van der Waals surface area contributed by atoms with Crippen molar-refractivity contribution >= 4 is 46.9 Å². The number of hydrogen-bond acceptors (Lipinski definition) is 9. The lowest BCUT2D eigenvalue weighted by molar-refractivity contribution is -0.119. The first-order valence-electron chi connectivity index (χ1n) is 9.15. The number of halogens is 1. The molecule has 2 N–H and O–H groups in total. The number of rotatable bonds is 5. The zero-order chi connectivity index (χ0) is 21.3. The third-order valence-electron chi connectivity index (χ3n) is 4.63. The minimum atomic E-state index is -0.584. The zero-order valence-electron chi connectivity index (χ0n) is 16.0. The van der Waals surface area contributed by atoms with E-state index < -0.39 is 18.0 Å². The van der Waals surface area contributed by atoms with Crippen LogP contribution in [0.2, 0.25) is 0 Å². The molecule has 10 nitrogen and oxygen atoms in total. The SMILES string of the molecule is CC(=O)NC[C@H]1CN(c2ccc(N3C=NN(c4csc(O)n4)CC3)c(F)c2)C(=O)O1. The molecular formula is C18H19FN6O4S. The Bertz CT molecular complexity index is 999. The fraction of sp³-hybridized carbons (Fsp3) is 0.333. The molecule has 0 aliphatic carbocycles. The number of aromatic nitrogens is 1. The number of carbonyl (C=O) groups is 2. The molecule has 1 aromatic heterocycles. The van der Waals surface area contributed by atoms with Crippen molar-refractivity contribution in [2.24, 2.45) is 5.10 Å². The predicted octanol–water partition coefficient (Wildman–Crippen LogP) is 1.72. The maximum Gasteiger partial charge on any atom is 0.414 e. The highest BCUT2D eigenvalue weighted by molar-refractivity contribution is 7.11. The number of anilines is 3. The molecule has 4 rings (SSSR count). The third-order valence-corrected chi connectivity index (χ3v) is 5.26. The summed E-state index contributed by atoms with van der Waals surface area (Å²) in [5.41, 5.74) is 0.700. The maximum atomic E-state index is 14.8. The molecule has 12 heteroatoms. The molecule has 2 aliphatic heterocycles. The first-order chi connectivity index (χ1) is 14.4. The van der Waals surface area contributed by atoms with Gasteiger partial charge in [0.2, 0.25) is 5.91 Å². The average molecular weight is 434 g/mol. The van der Waals surface area contributed by atoms with Gasteiger partial charge in [0.15, 0.2) is 5.82 Å². The van der Waals surface area contributed by atoms with Crippen molar-refractivity contribution in [2.45, 2.75) is 13.0 Å². The van der Waals surface area contributed by atoms with Crippen LogP contribution in [-0.2, 0) is 9.53 Å². The molecular weight excluding hydrogens is 415 g/mol. The topological polar surface area (TPSA) is 111 Å². The number of hydrazone groups is 1. The van der Waals surface area contributed by atoms with E-state index in [9.17, 15) is 19.1 Å². The van der Waals surface area contributed by atoms with Crippen LogP contribution in [-0.4, -0.2) is 60.7 Å². The molecule has 1 aromatic carbocycles. The van der Waals surface area contributed by atoms with Crippen LogP contribution in [0.15, 0.2) is 28.7 Å². The number of aromatic hydroxyl groups is 1. The summed E-state index contributed by atoms with van der Waals surface area (Å²) in [5, 5.41) is 19.5. The van der Waals surface area contributed by atoms with E-state index in [1.54, 1.807) is 27.4 Å². The van der Waals surface area contributed by atoms with Crippen LogP contribution >= 0.6 is 11.3 Å². The molecule has 1 saturated heterocycles. The van der Waals surface area contributed by atoms with E-state index in [2.05, 4.69) is 15.4 Å². The minimum Gasteiger partial charge on any atom is -0.486 e. The maximum absolute atomic E-state index is 14.8. The summed E-state index contributed by atoms with van der Waals surface area (Å²) in [5.74, 6) is -0.185. The summed E-state index contributed by atoms with van der Waals surface area (Å²) in [4.78, 5) is 30.1. The summed E-state index contributed by atoms with van der Waals surface area (Å²) in [6.07, 6.45) is 0.416. The van der Waals surface area contributed by atoms with E-state index in [1.807, 2.05) is 0 Å². The van der Waals surface area contributed by atoms with Gasteiger partial charge < -0.3 is 20.1 Å². The van der Waals surface area contributed by atoms with Gasteiger partial charge in [0.05, 0.1) is 31.0 Å². The third kappa shape index (κ3) is 4.13. The van der Waals surface area contributed by atoms with Crippen LogP contribution in [0, 0.1) is 5.82 Å². The second-order valence-corrected chi connectivity index (χ2v) is 7.56. The van der Waals surface area contributed by atoms with Gasteiger partial charge in [-0.3, -0.25) is 9.69 Å². The number of nitrogens with one attached hydrogen (secondary N) is 1. The van der Waals surface area contributed by atoms with Crippen molar-refractivity contribution in [3.05, 3.63) is 29.4 Å². The fourth-order valence-electron chi connectivity index (χ4n) is 3.17. The molecule has 2 aromatic rings. The quantitative estimate of drug-likeness (QED) is 0.737. The number of amides is 2. The van der Waals surface area contributed by atoms with Crippen molar-refractivity contribution in [1.82, 2.24) is 10.3 Å². The molecule has 0 unspecified atom stereocenters. The number of carbonyl (C=O) groups excluding carboxylic acids is 2. The Labute approximate surface area is 175 Å². The highest BCUT2D eigenvalue weighted by Crippen LogP contribution is 2.29. The van der Waals surface area contributed by atoms with E-state index in [-0.39, 0.29) is 24.2 Å². The molecule has 30 heavy (non-hydrogen) atoms. The van der Waals surface area contributed by atoms with E-state index in [0.717, 1.165) is 11.3 Å². The highest BCUT2D eigenvalue weighted by Gasteiger charge is 2.33. The molecule has 158 valence electrons. The Balaban J connectivity index is 1.44. The number of benzene rings is 1. The zero-order valence-corrected chi connectivity index (χ0v) is 16.8. The van der Waals surface area contributed by atoms with E-state index in [1.165, 1.54) is 24.2 Å². The number of cyclic esters (lactones) is 1. The Morgan fingerprint density at radius 3 is 2.90 bits per heavy atom. The van der Waals surface area contributed by atoms with E-state index >= 15 is 0 Å². The van der Waals surface area contributed by atoms with Crippen LogP contribution in [0.25, 0.3) is 0 Å². The molecule has 3 heterocycles. The van der Waals surface area contributed by atoms with Gasteiger partial charge in [-0.2, -0.15) is 10.1 Å². The highest BCUT2D eigenvalue weighted by atomic mass is 32.1. The molecule has 2 amide bonds. The smallest absolute Gasteiger partial charge is 0.414 e. The van der Waals surface area contributed by atoms with Crippen molar-refractivity contribution in [3.63, 3.8) is 0 Å². The van der Waals surface area contributed by atoms with Crippen LogP contribution in [0.3, 0.4) is 0 Å². The largest absolute Gasteiger partial charge is 0.486 e. The second-order valence-electron chi connectivity index (χ2n) is 6.72. The molecule has 1 fully saturated rings. The van der Waals surface area contributed by atoms with Crippen LogP contribution in [0.5, 0.6) is 5.19 Å². The molecule has 0 bridgehead atoms. The van der Waals surface area contributed by atoms with Crippen LogP contribution < -0.4 is 20.1 Å². The Morgan fingerprint density at radius 2 is 2.27 bits per heavy atom. The number of nitrogens with zero attached hydrogens (tertiary/aromatic N) is 5. The molecule has 0 radical (unpaired) electrons. The first-order valence-corrected chi connectivity index (χ1v) is 10.0. The van der Waals surface area contributed by atoms with Gasteiger partial charge >= 0.3 is 6.09 Å². The normalized spacial score (nSPS) is 18.7. The standard InChI is InChI=1S/C18H19FN6O4S/c1-11(26)20-7-13-8-24(18(28)29-13)12-2-3-15(14(19)6-12)23-4-5-25(21-10-23)16-9-30-17(27)22-16/h2-3,6,9-10,13H,4-5,7-8H2,1H3,(H,20,26)(H,22,27)/t13-/m0/s1. The monoisotopic (exact) mass is 434 g/mol. The van der Waals surface area contributed by atoms with Gasteiger partial charge in [-0.25, -0.2) is 14.2 Å². The van der Waals surface area contributed by atoms with Crippen molar-refractivity contribution in [3.8, 4) is 5.19 Å². The Morgan fingerprint density at radius 1 is 1.43 bits per heavy atom. The van der Waals surface area contributed by atoms with E-state index in [0.29, 0.717) is 30.3 Å². The van der Waals surface area contributed by atoms with Crippen LogP contribution in [0.1, 0.15) is 6.92 Å². The van der Waals surface area contributed by atoms with Gasteiger partial charge in [-0.1, -0.05) is 11.3 Å². The fourth-order valence-corrected chi connectivity index (χ4v) is 3.70. The molecule has 0 spiro atoms. The number of hydrogen-bond donors (Lipinski definition) is 2. The van der Waals surface area contributed by atoms with Crippen molar-refractivity contribution in [2.75, 3.05) is 41.0 Å². The summed E-state index contributed by atoms with van der Waals surface area (Å²) in [6, 6.07) is 4.49. The van der Waals surface area contributed by atoms with Gasteiger partial charge in [0.25, 0.3) is 5.19 Å². The lowest BCUT2D eigenvalue weighted by Crippen LogP contribution is -2.38. The van der Waals surface area contributed by atoms with Gasteiger partial charge in [-0.05, 0) is 18.2 Å². The summed E-state index contributed by atoms with van der Waals surface area (Å²) in [6.45, 7) is 2.73. The second kappa shape index (κ2) is 8.14. The lowest BCUT2D eigenvalue weighted by atomic mass is 10.2. The van der Waals surface area contributed by atoms with Gasteiger partial charge in [0.1, 0.15) is 18.3 Å². The Hall–Kier alpha value is -3.41. The molecule has 0 saturated carbocycles. The minimum absolute atomic E-state index is 0.0379. The first kappa shape index (κ1) is 19.9. The predicted molar refractivity (Wildman–Crippen MR) is 110 cm³/mol. The van der Waals surface area contributed by atoms with Crippen molar-refractivity contribution in [1.29, 1.82) is 0 Å². The number of ether oxygens (including phenoxy) is 1. The van der Waals surface area contributed by atoms with E-state index in [4.69, 9.17) is 4.74 Å². The molecule has 2 aliphatic rings. The Kier molecular flexibility index (Phi) is 5.40. The number of thiazole rings is 1. The summed E-state index contributed by atoms with van der Waals surface area (Å²) in [7, 11) is 0. The lowest BCUT2D eigenvalue weighted by Gasteiger charge is -2.29. The summed E-state index contributed by atoms with van der Waals surface area (Å²) < 4.78 is 20.0. The van der Waals surface area contributed by atoms with Gasteiger partial charge in [-0.15, -0.1) is 0 Å². The van der Waals surface area contributed by atoms with Crippen molar-refractivity contribution < 1.29 is 23.8 Å². The molecule has 1 atom stereocenters. The summed E-state index contributed by atoms with van der Waals surface area (Å²) >= 11 is 1.11. The average Bonchev–Trinajstić information content (AvgIpc) is 3.32. The van der Waals surface area contributed by atoms with Crippen LogP contribution in [0.4, 0.5) is 26.4 Å².